The van der Waals surface area contributed by atoms with Gasteiger partial charge in [0.1, 0.15) is 0 Å². The van der Waals surface area contributed by atoms with Gasteiger partial charge in [-0.05, 0) is 30.0 Å². The smallest absolute Gasteiger partial charge is 0.368 e. The Morgan fingerprint density at radius 1 is 1.21 bits per heavy atom. The minimum absolute atomic E-state index is 0.0165. The molecule has 0 spiro atoms. The Morgan fingerprint density at radius 2 is 1.79 bits per heavy atom. The van der Waals surface area contributed by atoms with E-state index in [-0.39, 0.29) is 5.69 Å². The molecule has 0 bridgehead atoms. The molecule has 0 fully saturated rings. The zero-order chi connectivity index (χ0) is 18.3. The normalized spacial score (nSPS) is 12.6. The summed E-state index contributed by atoms with van der Waals surface area (Å²) in [4.78, 5) is 2.76. The number of aryl methyl sites for hydroxylation is 2. The number of hydrogen-bond acceptors (Lipinski definition) is 5. The summed E-state index contributed by atoms with van der Waals surface area (Å²) in [5.74, 6) is -1.97. The van der Waals surface area contributed by atoms with Gasteiger partial charge in [-0.1, -0.05) is 19.9 Å². The highest BCUT2D eigenvalue weighted by atomic mass is 32.2. The Bertz CT molecular complexity index is 875. The van der Waals surface area contributed by atoms with Gasteiger partial charge in [-0.25, -0.2) is 0 Å². The molecule has 132 valence electrons. The van der Waals surface area contributed by atoms with E-state index in [0.29, 0.717) is 24.0 Å². The second-order valence-electron chi connectivity index (χ2n) is 4.97. The lowest BCUT2D eigenvalue weighted by Gasteiger charge is -2.14. The number of nitrogens with zero attached hydrogens (tertiary/aromatic N) is 3. The van der Waals surface area contributed by atoms with Crippen molar-refractivity contribution in [2.45, 2.75) is 37.8 Å². The van der Waals surface area contributed by atoms with Crippen molar-refractivity contribution in [1.29, 1.82) is 0 Å². The van der Waals surface area contributed by atoms with E-state index in [2.05, 4.69) is 10.1 Å². The van der Waals surface area contributed by atoms with Gasteiger partial charge in [0.2, 0.25) is 5.95 Å². The number of rotatable bonds is 4. The van der Waals surface area contributed by atoms with E-state index in [1.54, 1.807) is 13.8 Å². The molecule has 24 heavy (non-hydrogen) atoms. The van der Waals surface area contributed by atoms with Crippen molar-refractivity contribution in [3.63, 3.8) is 0 Å². The second-order valence-corrected chi connectivity index (χ2v) is 6.36. The van der Waals surface area contributed by atoms with E-state index in [4.69, 9.17) is 5.73 Å². The number of halogens is 3. The van der Waals surface area contributed by atoms with Gasteiger partial charge in [0.05, 0.1) is 10.6 Å². The van der Waals surface area contributed by atoms with Gasteiger partial charge >= 0.3 is 6.18 Å². The maximum Gasteiger partial charge on any atom is 0.453 e. The Kier molecular flexibility index (Phi) is 4.59. The summed E-state index contributed by atoms with van der Waals surface area (Å²) in [6.45, 7) is 3.43. The van der Waals surface area contributed by atoms with Gasteiger partial charge in [-0.2, -0.15) is 31.3 Å². The number of anilines is 1. The first-order valence-corrected chi connectivity index (χ1v) is 8.36. The molecule has 0 aliphatic rings. The van der Waals surface area contributed by atoms with E-state index in [1.807, 2.05) is 0 Å². The van der Waals surface area contributed by atoms with Crippen LogP contribution < -0.4 is 5.73 Å². The second kappa shape index (κ2) is 6.06. The van der Waals surface area contributed by atoms with Crippen LogP contribution in [0.25, 0.3) is 5.69 Å². The van der Waals surface area contributed by atoms with Gasteiger partial charge in [0.15, 0.2) is 0 Å². The molecule has 0 aliphatic heterocycles. The van der Waals surface area contributed by atoms with E-state index >= 15 is 0 Å². The van der Waals surface area contributed by atoms with Crippen LogP contribution in [0.1, 0.15) is 30.8 Å². The average Bonchev–Trinajstić information content (AvgIpc) is 2.86. The van der Waals surface area contributed by atoms with E-state index in [0.717, 1.165) is 10.7 Å². The third kappa shape index (κ3) is 3.36. The fourth-order valence-electron chi connectivity index (χ4n) is 2.28. The highest BCUT2D eigenvalue weighted by Gasteiger charge is 2.37. The maximum atomic E-state index is 12.7. The molecular formula is C13H15F3N4O3S. The minimum Gasteiger partial charge on any atom is -0.368 e. The van der Waals surface area contributed by atoms with E-state index in [1.165, 1.54) is 6.07 Å². The predicted molar refractivity (Wildman–Crippen MR) is 79.3 cm³/mol. The molecule has 0 aliphatic carbocycles. The molecule has 11 heteroatoms. The summed E-state index contributed by atoms with van der Waals surface area (Å²) < 4.78 is 71.4. The van der Waals surface area contributed by atoms with Crippen LogP contribution in [0.15, 0.2) is 17.0 Å². The number of hydrogen-bond donors (Lipinski definition) is 2. The Balaban J connectivity index is 2.77. The average molecular weight is 364 g/mol. The largest absolute Gasteiger partial charge is 0.453 e. The molecule has 1 aromatic carbocycles. The van der Waals surface area contributed by atoms with Crippen LogP contribution in [0.3, 0.4) is 0 Å². The molecule has 0 saturated carbocycles. The molecule has 3 N–H and O–H groups in total. The van der Waals surface area contributed by atoms with Crippen LogP contribution >= 0.6 is 0 Å². The lowest BCUT2D eigenvalue weighted by molar-refractivity contribution is -0.144. The van der Waals surface area contributed by atoms with Gasteiger partial charge in [0, 0.05) is 0 Å². The number of benzene rings is 1. The van der Waals surface area contributed by atoms with Crippen molar-refractivity contribution in [3.8, 4) is 5.69 Å². The fourth-order valence-corrected chi connectivity index (χ4v) is 3.08. The number of nitrogens with two attached hydrogens (primary N) is 1. The topological polar surface area (TPSA) is 111 Å². The highest BCUT2D eigenvalue weighted by molar-refractivity contribution is 7.85. The van der Waals surface area contributed by atoms with Crippen LogP contribution in [-0.4, -0.2) is 27.7 Å². The first-order chi connectivity index (χ1) is 11.0. The van der Waals surface area contributed by atoms with Crippen molar-refractivity contribution < 1.29 is 26.1 Å². The third-order valence-electron chi connectivity index (χ3n) is 3.42. The van der Waals surface area contributed by atoms with E-state index in [9.17, 15) is 26.1 Å². The standard InChI is InChI=1S/C13H15F3N4O3S/c1-3-7-5-8(4-2)10(24(21,22)23)6-9(7)20-12(17)18-11(19-20)13(14,15)16/h5-6H,3-4H2,1-2H3,(H2,17,18,19)(H,21,22,23). The summed E-state index contributed by atoms with van der Waals surface area (Å²) in [6.07, 6.45) is -4.10. The van der Waals surface area contributed by atoms with Crippen LogP contribution in [0.5, 0.6) is 0 Å². The highest BCUT2D eigenvalue weighted by Crippen LogP contribution is 2.30. The van der Waals surface area contributed by atoms with Crippen LogP contribution in [0.2, 0.25) is 0 Å². The summed E-state index contributed by atoms with van der Waals surface area (Å²) >= 11 is 0. The lowest BCUT2D eigenvalue weighted by atomic mass is 10.0. The Morgan fingerprint density at radius 3 is 2.21 bits per heavy atom. The molecular weight excluding hydrogens is 349 g/mol. The summed E-state index contributed by atoms with van der Waals surface area (Å²) in [5.41, 5.74) is 6.38. The van der Waals surface area contributed by atoms with Crippen molar-refractivity contribution in [2.24, 2.45) is 0 Å². The van der Waals surface area contributed by atoms with E-state index < -0.39 is 33.0 Å². The Labute approximate surface area is 136 Å². The quantitative estimate of drug-likeness (QED) is 0.805. The SMILES string of the molecule is CCc1cc(CC)c(S(=O)(=O)O)cc1-n1nc(C(F)(F)F)nc1N. The van der Waals surface area contributed by atoms with Gasteiger partial charge in [-0.3, -0.25) is 4.55 Å². The van der Waals surface area contributed by atoms with Crippen LogP contribution in [0.4, 0.5) is 19.1 Å². The van der Waals surface area contributed by atoms with Gasteiger partial charge < -0.3 is 5.73 Å². The molecule has 1 heterocycles. The first kappa shape index (κ1) is 18.2. The van der Waals surface area contributed by atoms with Crippen molar-refractivity contribution in [1.82, 2.24) is 14.8 Å². The minimum atomic E-state index is -4.79. The number of nitrogen functional groups attached to an aromatic ring is 1. The number of alkyl halides is 3. The monoisotopic (exact) mass is 364 g/mol. The molecule has 0 atom stereocenters. The summed E-state index contributed by atoms with van der Waals surface area (Å²) in [5, 5.41) is 3.32. The lowest BCUT2D eigenvalue weighted by Crippen LogP contribution is -2.11. The molecule has 0 saturated heterocycles. The zero-order valence-corrected chi connectivity index (χ0v) is 13.6. The van der Waals surface area contributed by atoms with Crippen molar-refractivity contribution in [2.75, 3.05) is 5.73 Å². The molecule has 1 aromatic heterocycles. The first-order valence-electron chi connectivity index (χ1n) is 6.92. The predicted octanol–water partition coefficient (Wildman–Crippen LogP) is 2.24. The molecule has 2 rings (SSSR count). The van der Waals surface area contributed by atoms with Crippen LogP contribution in [0, 0.1) is 0 Å². The van der Waals surface area contributed by atoms with Gasteiger partial charge in [-0.15, -0.1) is 5.10 Å². The number of aromatic nitrogens is 3. The zero-order valence-electron chi connectivity index (χ0n) is 12.8. The molecule has 0 amide bonds. The van der Waals surface area contributed by atoms with Crippen LogP contribution in [-0.2, 0) is 29.1 Å². The van der Waals surface area contributed by atoms with Gasteiger partial charge in [0.25, 0.3) is 15.9 Å². The summed E-state index contributed by atoms with van der Waals surface area (Å²) in [6, 6.07) is 2.55. The Hall–Kier alpha value is -2.14. The summed E-state index contributed by atoms with van der Waals surface area (Å²) in [7, 11) is -4.56. The fraction of sp³-hybridized carbons (Fsp3) is 0.385. The molecule has 2 aromatic rings. The van der Waals surface area contributed by atoms with Crippen molar-refractivity contribution in [3.05, 3.63) is 29.1 Å². The molecule has 0 unspecified atom stereocenters. The van der Waals surface area contributed by atoms with Crippen molar-refractivity contribution >= 4 is 16.1 Å². The maximum absolute atomic E-state index is 12.7. The molecule has 0 radical (unpaired) electrons. The third-order valence-corrected chi connectivity index (χ3v) is 4.35. The molecule has 7 nitrogen and oxygen atoms in total.